The van der Waals surface area contributed by atoms with Crippen LogP contribution in [0.5, 0.6) is 0 Å². The molecular formula is C16H17Cl2N. The lowest BCUT2D eigenvalue weighted by atomic mass is 10.1. The van der Waals surface area contributed by atoms with Crippen LogP contribution < -0.4 is 5.32 Å². The first kappa shape index (κ1) is 14.4. The minimum Gasteiger partial charge on any atom is -0.306 e. The highest BCUT2D eigenvalue weighted by molar-refractivity contribution is 6.31. The molecule has 0 amide bonds. The number of nitrogens with one attached hydrogen (secondary N) is 1. The van der Waals surface area contributed by atoms with Crippen molar-refractivity contribution in [3.63, 3.8) is 0 Å². The van der Waals surface area contributed by atoms with Crippen LogP contribution in [-0.4, -0.2) is 0 Å². The van der Waals surface area contributed by atoms with Gasteiger partial charge in [-0.3, -0.25) is 0 Å². The van der Waals surface area contributed by atoms with E-state index in [0.717, 1.165) is 27.7 Å². The molecule has 0 bridgehead atoms. The van der Waals surface area contributed by atoms with E-state index in [1.54, 1.807) is 0 Å². The van der Waals surface area contributed by atoms with E-state index in [-0.39, 0.29) is 6.04 Å². The van der Waals surface area contributed by atoms with E-state index in [1.807, 2.05) is 43.3 Å². The average molecular weight is 294 g/mol. The highest BCUT2D eigenvalue weighted by Gasteiger charge is 2.08. The fourth-order valence-corrected chi connectivity index (χ4v) is 2.46. The molecule has 2 aromatic rings. The lowest BCUT2D eigenvalue weighted by Crippen LogP contribution is -2.18. The number of hydrogen-bond donors (Lipinski definition) is 1. The minimum absolute atomic E-state index is 0.203. The zero-order valence-electron chi connectivity index (χ0n) is 11.1. The van der Waals surface area contributed by atoms with Gasteiger partial charge < -0.3 is 5.32 Å². The number of benzene rings is 2. The van der Waals surface area contributed by atoms with E-state index in [0.29, 0.717) is 0 Å². The van der Waals surface area contributed by atoms with Crippen LogP contribution in [-0.2, 0) is 6.54 Å². The van der Waals surface area contributed by atoms with Gasteiger partial charge >= 0.3 is 0 Å². The lowest BCUT2D eigenvalue weighted by Gasteiger charge is -2.16. The van der Waals surface area contributed by atoms with Crippen molar-refractivity contribution >= 4 is 23.2 Å². The summed E-state index contributed by atoms with van der Waals surface area (Å²) in [5.41, 5.74) is 3.39. The predicted octanol–water partition coefficient (Wildman–Crippen LogP) is 5.15. The van der Waals surface area contributed by atoms with Crippen molar-refractivity contribution in [2.24, 2.45) is 0 Å². The van der Waals surface area contributed by atoms with Crippen molar-refractivity contribution in [1.29, 1.82) is 0 Å². The molecule has 0 aliphatic heterocycles. The molecule has 1 N–H and O–H groups in total. The van der Waals surface area contributed by atoms with Crippen molar-refractivity contribution in [2.45, 2.75) is 26.4 Å². The summed E-state index contributed by atoms with van der Waals surface area (Å²) in [6, 6.07) is 14.2. The summed E-state index contributed by atoms with van der Waals surface area (Å²) in [4.78, 5) is 0. The highest BCUT2D eigenvalue weighted by atomic mass is 35.5. The Kier molecular flexibility index (Phi) is 4.87. The van der Waals surface area contributed by atoms with Crippen LogP contribution in [0.3, 0.4) is 0 Å². The van der Waals surface area contributed by atoms with Gasteiger partial charge in [-0.1, -0.05) is 53.5 Å². The fraction of sp³-hybridized carbons (Fsp3) is 0.250. The first-order valence-corrected chi connectivity index (χ1v) is 7.06. The second-order valence-electron chi connectivity index (χ2n) is 4.71. The van der Waals surface area contributed by atoms with Crippen LogP contribution >= 0.6 is 23.2 Å². The van der Waals surface area contributed by atoms with Crippen molar-refractivity contribution < 1.29 is 0 Å². The zero-order valence-corrected chi connectivity index (χ0v) is 12.6. The Morgan fingerprint density at radius 3 is 2.47 bits per heavy atom. The number of aryl methyl sites for hydroxylation is 1. The topological polar surface area (TPSA) is 12.0 Å². The summed E-state index contributed by atoms with van der Waals surface area (Å²) >= 11 is 12.3. The molecule has 1 nitrogen and oxygen atoms in total. The van der Waals surface area contributed by atoms with Gasteiger partial charge in [0.2, 0.25) is 0 Å². The van der Waals surface area contributed by atoms with E-state index < -0.39 is 0 Å². The Labute approximate surface area is 124 Å². The van der Waals surface area contributed by atoms with Crippen LogP contribution in [0.2, 0.25) is 10.0 Å². The van der Waals surface area contributed by atoms with Gasteiger partial charge in [0.05, 0.1) is 0 Å². The van der Waals surface area contributed by atoms with Crippen molar-refractivity contribution in [3.8, 4) is 0 Å². The molecule has 0 unspecified atom stereocenters. The van der Waals surface area contributed by atoms with E-state index in [9.17, 15) is 0 Å². The molecule has 0 aliphatic rings. The Bertz CT molecular complexity index is 566. The van der Waals surface area contributed by atoms with E-state index in [2.05, 4.69) is 18.3 Å². The van der Waals surface area contributed by atoms with Gasteiger partial charge in [-0.05, 0) is 42.7 Å². The maximum atomic E-state index is 6.19. The molecule has 19 heavy (non-hydrogen) atoms. The number of rotatable bonds is 4. The third-order valence-corrected chi connectivity index (χ3v) is 3.97. The molecule has 3 heteroatoms. The molecule has 0 spiro atoms. The van der Waals surface area contributed by atoms with Crippen LogP contribution in [0.25, 0.3) is 0 Å². The van der Waals surface area contributed by atoms with Crippen LogP contribution in [0.15, 0.2) is 42.5 Å². The van der Waals surface area contributed by atoms with E-state index in [4.69, 9.17) is 23.2 Å². The smallest absolute Gasteiger partial charge is 0.0453 e. The van der Waals surface area contributed by atoms with Crippen molar-refractivity contribution in [1.82, 2.24) is 5.32 Å². The fourth-order valence-electron chi connectivity index (χ4n) is 1.95. The second kappa shape index (κ2) is 6.42. The number of hydrogen-bond acceptors (Lipinski definition) is 1. The summed E-state index contributed by atoms with van der Waals surface area (Å²) in [6.45, 7) is 4.88. The molecule has 0 saturated heterocycles. The first-order valence-electron chi connectivity index (χ1n) is 6.31. The van der Waals surface area contributed by atoms with Gasteiger partial charge in [0.1, 0.15) is 0 Å². The maximum absolute atomic E-state index is 6.19. The van der Waals surface area contributed by atoms with Crippen LogP contribution in [0.1, 0.15) is 29.7 Å². The summed E-state index contributed by atoms with van der Waals surface area (Å²) in [7, 11) is 0. The lowest BCUT2D eigenvalue weighted by molar-refractivity contribution is 0.575. The quantitative estimate of drug-likeness (QED) is 0.822. The SMILES string of the molecule is Cc1ccc(CN[C@H](C)c2ccccc2Cl)cc1Cl. The summed E-state index contributed by atoms with van der Waals surface area (Å²) in [5, 5.41) is 5.07. The van der Waals surface area contributed by atoms with Gasteiger partial charge in [-0.15, -0.1) is 0 Å². The monoisotopic (exact) mass is 293 g/mol. The third-order valence-electron chi connectivity index (χ3n) is 3.22. The Balaban J connectivity index is 2.02. The molecule has 1 atom stereocenters. The molecule has 2 rings (SSSR count). The normalized spacial score (nSPS) is 12.4. The zero-order chi connectivity index (χ0) is 13.8. The maximum Gasteiger partial charge on any atom is 0.0453 e. The predicted molar refractivity (Wildman–Crippen MR) is 82.9 cm³/mol. The van der Waals surface area contributed by atoms with Crippen molar-refractivity contribution in [3.05, 3.63) is 69.2 Å². The number of halogens is 2. The summed E-state index contributed by atoms with van der Waals surface area (Å²) < 4.78 is 0. The Morgan fingerprint density at radius 1 is 1.05 bits per heavy atom. The minimum atomic E-state index is 0.203. The molecular weight excluding hydrogens is 277 g/mol. The highest BCUT2D eigenvalue weighted by Crippen LogP contribution is 2.23. The average Bonchev–Trinajstić information content (AvgIpc) is 2.40. The summed E-state index contributed by atoms with van der Waals surface area (Å²) in [6.07, 6.45) is 0. The Hall–Kier alpha value is -1.02. The van der Waals surface area contributed by atoms with E-state index in [1.165, 1.54) is 5.56 Å². The van der Waals surface area contributed by atoms with Gasteiger partial charge in [0.25, 0.3) is 0 Å². The molecule has 0 heterocycles. The largest absolute Gasteiger partial charge is 0.306 e. The molecule has 0 radical (unpaired) electrons. The molecule has 0 aromatic heterocycles. The Morgan fingerprint density at radius 2 is 1.79 bits per heavy atom. The molecule has 100 valence electrons. The standard InChI is InChI=1S/C16H17Cl2N/c1-11-7-8-13(9-16(11)18)10-19-12(2)14-5-3-4-6-15(14)17/h3-9,12,19H,10H2,1-2H3/t12-/m1/s1. The second-order valence-corrected chi connectivity index (χ2v) is 5.52. The van der Waals surface area contributed by atoms with E-state index >= 15 is 0 Å². The third kappa shape index (κ3) is 3.73. The molecule has 0 fully saturated rings. The summed E-state index contributed by atoms with van der Waals surface area (Å²) in [5.74, 6) is 0. The molecule has 0 saturated carbocycles. The van der Waals surface area contributed by atoms with Crippen LogP contribution in [0.4, 0.5) is 0 Å². The molecule has 2 aromatic carbocycles. The first-order chi connectivity index (χ1) is 9.08. The van der Waals surface area contributed by atoms with Crippen LogP contribution in [0, 0.1) is 6.92 Å². The molecule has 0 aliphatic carbocycles. The van der Waals surface area contributed by atoms with Crippen molar-refractivity contribution in [2.75, 3.05) is 0 Å². The van der Waals surface area contributed by atoms with Gasteiger partial charge in [0, 0.05) is 22.6 Å². The van der Waals surface area contributed by atoms with Gasteiger partial charge in [-0.25, -0.2) is 0 Å². The van der Waals surface area contributed by atoms with Gasteiger partial charge in [0.15, 0.2) is 0 Å². The van der Waals surface area contributed by atoms with Gasteiger partial charge in [-0.2, -0.15) is 0 Å².